The van der Waals surface area contributed by atoms with E-state index in [-0.39, 0.29) is 0 Å². The first-order valence-corrected chi connectivity index (χ1v) is 13.7. The van der Waals surface area contributed by atoms with Crippen LogP contribution in [0.4, 0.5) is 0 Å². The van der Waals surface area contributed by atoms with Crippen LogP contribution in [0, 0.1) is 5.92 Å². The van der Waals surface area contributed by atoms with Crippen molar-refractivity contribution in [1.29, 1.82) is 0 Å². The van der Waals surface area contributed by atoms with Crippen molar-refractivity contribution >= 4 is 11.9 Å². The number of hydrogen-bond donors (Lipinski definition) is 0. The lowest BCUT2D eigenvalue weighted by Crippen LogP contribution is -2.10. The van der Waals surface area contributed by atoms with Gasteiger partial charge in [0.15, 0.2) is 0 Å². The highest BCUT2D eigenvalue weighted by Gasteiger charge is 2.16. The number of unbranched alkanes of at least 4 members (excludes halogenated alkanes) is 15. The van der Waals surface area contributed by atoms with Gasteiger partial charge in [-0.3, -0.25) is 0 Å². The predicted octanol–water partition coefficient (Wildman–Crippen LogP) is 8.08. The van der Waals surface area contributed by atoms with Crippen molar-refractivity contribution in [2.24, 2.45) is 5.92 Å². The van der Waals surface area contributed by atoms with Crippen LogP contribution < -0.4 is 0 Å². The largest absolute Gasteiger partial charge is 0.463 e. The molecule has 1 rings (SSSR count). The monoisotopic (exact) mass is 450 g/mol. The molecule has 0 amide bonds. The van der Waals surface area contributed by atoms with Crippen molar-refractivity contribution in [3.05, 3.63) is 12.2 Å². The maximum atomic E-state index is 11.7. The van der Waals surface area contributed by atoms with Gasteiger partial charge in [-0.25, -0.2) is 9.59 Å². The van der Waals surface area contributed by atoms with Crippen molar-refractivity contribution in [1.82, 2.24) is 0 Å². The molecular formula is C28H50O4. The fourth-order valence-corrected chi connectivity index (χ4v) is 4.43. The Hall–Kier alpha value is -1.32. The maximum Gasteiger partial charge on any atom is 0.331 e. The minimum Gasteiger partial charge on any atom is -0.463 e. The molecule has 1 saturated carbocycles. The van der Waals surface area contributed by atoms with E-state index in [1.54, 1.807) is 0 Å². The average molecular weight is 451 g/mol. The van der Waals surface area contributed by atoms with Crippen LogP contribution in [0.15, 0.2) is 12.2 Å². The van der Waals surface area contributed by atoms with E-state index in [0.717, 1.165) is 25.7 Å². The molecule has 0 unspecified atom stereocenters. The third kappa shape index (κ3) is 18.3. The minimum atomic E-state index is -0.455. The molecule has 4 nitrogen and oxygen atoms in total. The zero-order valence-corrected chi connectivity index (χ0v) is 20.9. The quantitative estimate of drug-likeness (QED) is 0.101. The zero-order valence-electron chi connectivity index (χ0n) is 20.9. The van der Waals surface area contributed by atoms with Crippen molar-refractivity contribution in [3.63, 3.8) is 0 Å². The molecule has 0 aromatic carbocycles. The summed E-state index contributed by atoms with van der Waals surface area (Å²) in [4.78, 5) is 23.3. The molecule has 0 N–H and O–H groups in total. The van der Waals surface area contributed by atoms with Crippen molar-refractivity contribution in [2.75, 3.05) is 13.2 Å². The molecule has 0 aromatic heterocycles. The lowest BCUT2D eigenvalue weighted by Gasteiger charge is -2.07. The SMILES string of the molecule is CCCCCCCCCCCCCCCCCCOC(=O)/C=C/C(=O)OCC1CCCC1. The van der Waals surface area contributed by atoms with Crippen molar-refractivity contribution in [2.45, 2.75) is 135 Å². The second-order valence-corrected chi connectivity index (χ2v) is 9.58. The number of hydrogen-bond acceptors (Lipinski definition) is 4. The van der Waals surface area contributed by atoms with Gasteiger partial charge in [0.1, 0.15) is 0 Å². The first-order chi connectivity index (χ1) is 15.7. The van der Waals surface area contributed by atoms with Gasteiger partial charge in [0.05, 0.1) is 13.2 Å². The lowest BCUT2D eigenvalue weighted by atomic mass is 10.0. The van der Waals surface area contributed by atoms with Crippen LogP contribution in [0.25, 0.3) is 0 Å². The molecule has 4 heteroatoms. The highest BCUT2D eigenvalue weighted by atomic mass is 16.5. The Morgan fingerprint density at radius 1 is 0.625 bits per heavy atom. The van der Waals surface area contributed by atoms with Gasteiger partial charge in [0.25, 0.3) is 0 Å². The van der Waals surface area contributed by atoms with Crippen LogP contribution in [0.5, 0.6) is 0 Å². The summed E-state index contributed by atoms with van der Waals surface area (Å²) in [5, 5.41) is 0. The number of carbonyl (C=O) groups is 2. The second kappa shape index (κ2) is 21.5. The summed E-state index contributed by atoms with van der Waals surface area (Å²) < 4.78 is 10.3. The Balaban J connectivity index is 1.78. The highest BCUT2D eigenvalue weighted by molar-refractivity contribution is 5.91. The number of ether oxygens (including phenoxy) is 2. The van der Waals surface area contributed by atoms with Crippen molar-refractivity contribution in [3.8, 4) is 0 Å². The Labute approximate surface area is 197 Å². The molecule has 0 saturated heterocycles. The topological polar surface area (TPSA) is 52.6 Å². The Morgan fingerprint density at radius 3 is 1.50 bits per heavy atom. The molecule has 0 aliphatic heterocycles. The second-order valence-electron chi connectivity index (χ2n) is 9.58. The Morgan fingerprint density at radius 2 is 1.03 bits per heavy atom. The van der Waals surface area contributed by atoms with Gasteiger partial charge < -0.3 is 9.47 Å². The van der Waals surface area contributed by atoms with Gasteiger partial charge in [0, 0.05) is 12.2 Å². The van der Waals surface area contributed by atoms with E-state index >= 15 is 0 Å². The molecule has 186 valence electrons. The van der Waals surface area contributed by atoms with Crippen LogP contribution in [0.3, 0.4) is 0 Å². The molecule has 0 radical (unpaired) electrons. The predicted molar refractivity (Wildman–Crippen MR) is 133 cm³/mol. The highest BCUT2D eigenvalue weighted by Crippen LogP contribution is 2.24. The van der Waals surface area contributed by atoms with Crippen LogP contribution in [0.2, 0.25) is 0 Å². The van der Waals surface area contributed by atoms with E-state index in [1.165, 1.54) is 115 Å². The molecule has 0 spiro atoms. The first kappa shape index (κ1) is 28.7. The van der Waals surface area contributed by atoms with E-state index in [9.17, 15) is 9.59 Å². The molecule has 1 aliphatic rings. The van der Waals surface area contributed by atoms with Gasteiger partial charge >= 0.3 is 11.9 Å². The van der Waals surface area contributed by atoms with Crippen LogP contribution in [-0.4, -0.2) is 25.2 Å². The lowest BCUT2D eigenvalue weighted by molar-refractivity contribution is -0.141. The number of carbonyl (C=O) groups excluding carboxylic acids is 2. The molecule has 32 heavy (non-hydrogen) atoms. The van der Waals surface area contributed by atoms with Gasteiger partial charge in [0.2, 0.25) is 0 Å². The number of esters is 2. The van der Waals surface area contributed by atoms with E-state index in [2.05, 4.69) is 6.92 Å². The summed E-state index contributed by atoms with van der Waals surface area (Å²) in [5.41, 5.74) is 0. The molecule has 0 heterocycles. The summed E-state index contributed by atoms with van der Waals surface area (Å²) in [6, 6.07) is 0. The van der Waals surface area contributed by atoms with E-state index in [4.69, 9.17) is 9.47 Å². The summed E-state index contributed by atoms with van der Waals surface area (Å²) in [6.45, 7) is 3.17. The van der Waals surface area contributed by atoms with E-state index in [1.807, 2.05) is 0 Å². The van der Waals surface area contributed by atoms with E-state index in [0.29, 0.717) is 19.1 Å². The zero-order chi connectivity index (χ0) is 23.1. The third-order valence-corrected chi connectivity index (χ3v) is 6.53. The molecule has 0 atom stereocenters. The van der Waals surface area contributed by atoms with Gasteiger partial charge in [-0.2, -0.15) is 0 Å². The van der Waals surface area contributed by atoms with Crippen LogP contribution in [-0.2, 0) is 19.1 Å². The van der Waals surface area contributed by atoms with Gasteiger partial charge in [-0.05, 0) is 25.2 Å². The van der Waals surface area contributed by atoms with Gasteiger partial charge in [-0.1, -0.05) is 116 Å². The summed E-state index contributed by atoms with van der Waals surface area (Å²) in [6.07, 6.45) is 28.3. The third-order valence-electron chi connectivity index (χ3n) is 6.53. The average Bonchev–Trinajstić information content (AvgIpc) is 3.32. The smallest absolute Gasteiger partial charge is 0.331 e. The van der Waals surface area contributed by atoms with E-state index < -0.39 is 11.9 Å². The molecule has 0 aromatic rings. The Bertz CT molecular complexity index is 480. The Kier molecular flexibility index (Phi) is 19.3. The molecule has 0 bridgehead atoms. The summed E-state index contributed by atoms with van der Waals surface area (Å²) >= 11 is 0. The molecule has 1 fully saturated rings. The molecular weight excluding hydrogens is 400 g/mol. The summed E-state index contributed by atoms with van der Waals surface area (Å²) in [7, 11) is 0. The summed E-state index contributed by atoms with van der Waals surface area (Å²) in [5.74, 6) is -0.408. The fourth-order valence-electron chi connectivity index (χ4n) is 4.43. The van der Waals surface area contributed by atoms with Crippen LogP contribution >= 0.6 is 0 Å². The van der Waals surface area contributed by atoms with Crippen LogP contribution in [0.1, 0.15) is 135 Å². The fraction of sp³-hybridized carbons (Fsp3) is 0.857. The minimum absolute atomic E-state index is 0.429. The van der Waals surface area contributed by atoms with Gasteiger partial charge in [-0.15, -0.1) is 0 Å². The first-order valence-electron chi connectivity index (χ1n) is 13.7. The normalized spacial score (nSPS) is 14.3. The number of rotatable bonds is 21. The van der Waals surface area contributed by atoms with Crippen molar-refractivity contribution < 1.29 is 19.1 Å². The molecule has 1 aliphatic carbocycles. The standard InChI is InChI=1S/C28H50O4/c1-2-3-4-5-6-7-8-9-10-11-12-13-14-15-16-19-24-31-27(29)22-23-28(30)32-25-26-20-17-18-21-26/h22-23,26H,2-21,24-25H2,1H3/b23-22+. The maximum absolute atomic E-state index is 11.7.